The fourth-order valence-electron chi connectivity index (χ4n) is 4.10. The lowest BCUT2D eigenvalue weighted by molar-refractivity contribution is -0.116. The number of aryl methyl sites for hydroxylation is 2. The number of carbonyl (C=O) groups is 1. The van der Waals surface area contributed by atoms with Gasteiger partial charge in [-0.2, -0.15) is 0 Å². The molecule has 30 heavy (non-hydrogen) atoms. The van der Waals surface area contributed by atoms with Gasteiger partial charge in [-0.25, -0.2) is 4.79 Å². The first-order valence-corrected chi connectivity index (χ1v) is 10.6. The lowest BCUT2D eigenvalue weighted by Gasteiger charge is -2.15. The molecular formula is C24H27N3O3. The highest BCUT2D eigenvalue weighted by Crippen LogP contribution is 2.24. The summed E-state index contributed by atoms with van der Waals surface area (Å²) in [6, 6.07) is 13.0. The number of carbonyl (C=O) groups excluding carboxylic acids is 1. The number of amides is 1. The Bertz CT molecular complexity index is 1220. The van der Waals surface area contributed by atoms with Gasteiger partial charge in [0.1, 0.15) is 6.54 Å². The third-order valence-corrected chi connectivity index (χ3v) is 5.75. The highest BCUT2D eigenvalue weighted by molar-refractivity contribution is 5.91. The maximum atomic E-state index is 13.1. The second kappa shape index (κ2) is 8.30. The Morgan fingerprint density at radius 1 is 1.03 bits per heavy atom. The fraction of sp³-hybridized carbons (Fsp3) is 0.375. The first-order chi connectivity index (χ1) is 14.4. The summed E-state index contributed by atoms with van der Waals surface area (Å²) < 4.78 is 2.66. The van der Waals surface area contributed by atoms with Gasteiger partial charge in [0.15, 0.2) is 0 Å². The van der Waals surface area contributed by atoms with E-state index in [0.717, 1.165) is 31.4 Å². The number of nitrogens with one attached hydrogen (secondary N) is 1. The normalized spacial score (nSPS) is 13.0. The Morgan fingerprint density at radius 3 is 2.60 bits per heavy atom. The zero-order valence-electron chi connectivity index (χ0n) is 17.5. The van der Waals surface area contributed by atoms with Crippen LogP contribution in [0.4, 0.5) is 5.69 Å². The van der Waals surface area contributed by atoms with Crippen LogP contribution in [0.3, 0.4) is 0 Å². The zero-order chi connectivity index (χ0) is 21.3. The standard InChI is InChI=1S/C24H27N3O3/c1-16(2)12-13-26-23(29)20-8-3-4-9-21(20)27(24(26)30)15-22(28)25-19-11-10-17-6-5-7-18(17)14-19/h3-4,8-11,14,16H,5-7,12-13,15H2,1-2H3,(H,25,28). The summed E-state index contributed by atoms with van der Waals surface area (Å²) in [7, 11) is 0. The van der Waals surface area contributed by atoms with Gasteiger partial charge in [0.25, 0.3) is 5.56 Å². The van der Waals surface area contributed by atoms with Crippen LogP contribution in [0.2, 0.25) is 0 Å². The van der Waals surface area contributed by atoms with E-state index in [2.05, 4.69) is 25.2 Å². The highest BCUT2D eigenvalue weighted by atomic mass is 16.2. The SMILES string of the molecule is CC(C)CCn1c(=O)c2ccccc2n(CC(=O)Nc2ccc3c(c2)CCC3)c1=O. The van der Waals surface area contributed by atoms with Crippen LogP contribution < -0.4 is 16.6 Å². The van der Waals surface area contributed by atoms with E-state index >= 15 is 0 Å². The van der Waals surface area contributed by atoms with Crippen molar-refractivity contribution < 1.29 is 4.79 Å². The first kappa shape index (κ1) is 20.1. The van der Waals surface area contributed by atoms with E-state index in [1.807, 2.05) is 12.1 Å². The van der Waals surface area contributed by atoms with E-state index in [1.165, 1.54) is 20.3 Å². The lowest BCUT2D eigenvalue weighted by atomic mass is 10.1. The molecule has 0 saturated heterocycles. The summed E-state index contributed by atoms with van der Waals surface area (Å²) in [4.78, 5) is 38.7. The number of benzene rings is 2. The summed E-state index contributed by atoms with van der Waals surface area (Å²) in [5.41, 5.74) is 3.10. The average Bonchev–Trinajstić information content (AvgIpc) is 3.19. The smallest absolute Gasteiger partial charge is 0.325 e. The van der Waals surface area contributed by atoms with Crippen molar-refractivity contribution in [3.63, 3.8) is 0 Å². The molecule has 0 unspecified atom stereocenters. The minimum atomic E-state index is -0.441. The number of rotatable bonds is 6. The van der Waals surface area contributed by atoms with Gasteiger partial charge in [-0.15, -0.1) is 0 Å². The molecule has 1 heterocycles. The minimum absolute atomic E-state index is 0.140. The van der Waals surface area contributed by atoms with Crippen LogP contribution in [0.15, 0.2) is 52.1 Å². The number of aromatic nitrogens is 2. The maximum Gasteiger partial charge on any atom is 0.331 e. The topological polar surface area (TPSA) is 73.1 Å². The predicted octanol–water partition coefficient (Wildman–Crippen LogP) is 3.34. The maximum absolute atomic E-state index is 13.1. The van der Waals surface area contributed by atoms with Crippen LogP contribution >= 0.6 is 0 Å². The van der Waals surface area contributed by atoms with E-state index in [9.17, 15) is 14.4 Å². The van der Waals surface area contributed by atoms with Crippen molar-refractivity contribution in [3.05, 3.63) is 74.4 Å². The zero-order valence-corrected chi connectivity index (χ0v) is 17.5. The van der Waals surface area contributed by atoms with Gasteiger partial charge in [0.2, 0.25) is 5.91 Å². The molecule has 3 aromatic rings. The molecule has 156 valence electrons. The Labute approximate surface area is 175 Å². The van der Waals surface area contributed by atoms with Gasteiger partial charge in [-0.05, 0) is 67.0 Å². The quantitative estimate of drug-likeness (QED) is 0.684. The number of anilines is 1. The third kappa shape index (κ3) is 3.95. The van der Waals surface area contributed by atoms with Crippen molar-refractivity contribution in [2.75, 3.05) is 5.32 Å². The van der Waals surface area contributed by atoms with E-state index in [1.54, 1.807) is 24.3 Å². The van der Waals surface area contributed by atoms with Crippen LogP contribution in [0, 0.1) is 5.92 Å². The second-order valence-electron chi connectivity index (χ2n) is 8.41. The van der Waals surface area contributed by atoms with E-state index in [4.69, 9.17) is 0 Å². The molecule has 0 aliphatic heterocycles. The van der Waals surface area contributed by atoms with Gasteiger partial charge in [-0.3, -0.25) is 18.7 Å². The van der Waals surface area contributed by atoms with Gasteiger partial charge >= 0.3 is 5.69 Å². The second-order valence-corrected chi connectivity index (χ2v) is 8.41. The lowest BCUT2D eigenvalue weighted by Crippen LogP contribution is -2.42. The van der Waals surface area contributed by atoms with E-state index in [-0.39, 0.29) is 18.0 Å². The van der Waals surface area contributed by atoms with Crippen LogP contribution in [-0.2, 0) is 30.7 Å². The van der Waals surface area contributed by atoms with Gasteiger partial charge in [0, 0.05) is 12.2 Å². The molecule has 4 rings (SSSR count). The summed E-state index contributed by atoms with van der Waals surface area (Å²) in [5.74, 6) is 0.0774. The van der Waals surface area contributed by atoms with Gasteiger partial charge in [-0.1, -0.05) is 32.0 Å². The van der Waals surface area contributed by atoms with Gasteiger partial charge < -0.3 is 5.32 Å². The molecule has 1 aromatic heterocycles. The van der Waals surface area contributed by atoms with E-state index in [0.29, 0.717) is 23.4 Å². The van der Waals surface area contributed by atoms with Crippen LogP contribution in [0.25, 0.3) is 10.9 Å². The Kier molecular flexibility index (Phi) is 5.57. The molecule has 6 heteroatoms. The fourth-order valence-corrected chi connectivity index (χ4v) is 4.10. The number of nitrogens with zero attached hydrogens (tertiary/aromatic N) is 2. The molecule has 0 bridgehead atoms. The summed E-state index contributed by atoms with van der Waals surface area (Å²) in [6.45, 7) is 4.30. The summed E-state index contributed by atoms with van der Waals surface area (Å²) in [5, 5.41) is 3.36. The number of para-hydroxylation sites is 1. The van der Waals surface area contributed by atoms with Crippen molar-refractivity contribution in [3.8, 4) is 0 Å². The van der Waals surface area contributed by atoms with Crippen molar-refractivity contribution in [2.24, 2.45) is 5.92 Å². The first-order valence-electron chi connectivity index (χ1n) is 10.6. The molecule has 0 radical (unpaired) electrons. The molecule has 1 aliphatic carbocycles. The molecule has 0 spiro atoms. The molecule has 0 fully saturated rings. The molecule has 1 N–H and O–H groups in total. The Morgan fingerprint density at radius 2 is 1.80 bits per heavy atom. The molecule has 0 atom stereocenters. The Balaban J connectivity index is 1.66. The molecule has 1 amide bonds. The van der Waals surface area contributed by atoms with Crippen molar-refractivity contribution in [2.45, 2.75) is 52.6 Å². The third-order valence-electron chi connectivity index (χ3n) is 5.75. The average molecular weight is 405 g/mol. The van der Waals surface area contributed by atoms with E-state index < -0.39 is 5.69 Å². The molecular weight excluding hydrogens is 378 g/mol. The van der Waals surface area contributed by atoms with Crippen LogP contribution in [0.5, 0.6) is 0 Å². The number of fused-ring (bicyclic) bond motifs is 2. The monoisotopic (exact) mass is 405 g/mol. The Hall–Kier alpha value is -3.15. The molecule has 0 saturated carbocycles. The van der Waals surface area contributed by atoms with Gasteiger partial charge in [0.05, 0.1) is 10.9 Å². The number of hydrogen-bond donors (Lipinski definition) is 1. The van der Waals surface area contributed by atoms with Crippen molar-refractivity contribution in [1.29, 1.82) is 0 Å². The number of hydrogen-bond acceptors (Lipinski definition) is 3. The predicted molar refractivity (Wildman–Crippen MR) is 119 cm³/mol. The molecule has 2 aromatic carbocycles. The largest absolute Gasteiger partial charge is 0.331 e. The minimum Gasteiger partial charge on any atom is -0.325 e. The van der Waals surface area contributed by atoms with Crippen LogP contribution in [0.1, 0.15) is 37.8 Å². The van der Waals surface area contributed by atoms with Crippen molar-refractivity contribution in [1.82, 2.24) is 9.13 Å². The molecule has 6 nitrogen and oxygen atoms in total. The summed E-state index contributed by atoms with van der Waals surface area (Å²) in [6.07, 6.45) is 3.98. The molecule has 1 aliphatic rings. The highest BCUT2D eigenvalue weighted by Gasteiger charge is 2.16. The van der Waals surface area contributed by atoms with Crippen molar-refractivity contribution >= 4 is 22.5 Å². The summed E-state index contributed by atoms with van der Waals surface area (Å²) >= 11 is 0. The van der Waals surface area contributed by atoms with Crippen LogP contribution in [-0.4, -0.2) is 15.0 Å².